The van der Waals surface area contributed by atoms with Crippen molar-refractivity contribution in [2.24, 2.45) is 5.41 Å². The minimum absolute atomic E-state index is 0.0506. The third-order valence-corrected chi connectivity index (χ3v) is 4.35. The molecule has 0 radical (unpaired) electrons. The van der Waals surface area contributed by atoms with Crippen molar-refractivity contribution < 1.29 is 4.74 Å². The zero-order chi connectivity index (χ0) is 14.9. The average Bonchev–Trinajstić information content (AvgIpc) is 2.64. The summed E-state index contributed by atoms with van der Waals surface area (Å²) in [5.74, 6) is 0.978. The van der Waals surface area contributed by atoms with Gasteiger partial charge in [0.05, 0.1) is 6.61 Å². The van der Waals surface area contributed by atoms with Crippen molar-refractivity contribution in [2.75, 3.05) is 11.9 Å². The van der Waals surface area contributed by atoms with Gasteiger partial charge < -0.3 is 4.74 Å². The Bertz CT molecular complexity index is 671. The van der Waals surface area contributed by atoms with E-state index in [1.165, 1.54) is 22.3 Å². The maximum atomic E-state index is 6.01. The Kier molecular flexibility index (Phi) is 3.90. The molecule has 0 fully saturated rings. The Hall–Kier alpha value is -1.54. The first kappa shape index (κ1) is 14.4. The van der Waals surface area contributed by atoms with Crippen LogP contribution in [-0.4, -0.2) is 11.9 Å². The Morgan fingerprint density at radius 3 is 2.52 bits per heavy atom. The van der Waals surface area contributed by atoms with Crippen LogP contribution in [0.1, 0.15) is 19.4 Å². The lowest BCUT2D eigenvalue weighted by molar-refractivity contribution is 0.225. The van der Waals surface area contributed by atoms with E-state index in [0.29, 0.717) is 6.61 Å². The number of benzene rings is 2. The Morgan fingerprint density at radius 2 is 1.81 bits per heavy atom. The van der Waals surface area contributed by atoms with Crippen LogP contribution >= 0.6 is 15.9 Å². The molecule has 0 bridgehead atoms. The highest BCUT2D eigenvalue weighted by Gasteiger charge is 2.23. The molecule has 108 valence electrons. The summed E-state index contributed by atoms with van der Waals surface area (Å²) in [7, 11) is 0. The Balaban J connectivity index is 2.11. The SMILES string of the molecule is CC1(C)C=C(CBr)c2cc(-c3ccccc3)ccc2OC1. The van der Waals surface area contributed by atoms with Gasteiger partial charge in [0.2, 0.25) is 0 Å². The molecule has 0 saturated heterocycles. The van der Waals surface area contributed by atoms with Crippen LogP contribution in [0.25, 0.3) is 16.7 Å². The van der Waals surface area contributed by atoms with Crippen LogP contribution in [-0.2, 0) is 0 Å². The van der Waals surface area contributed by atoms with E-state index in [1.807, 2.05) is 6.07 Å². The molecule has 0 unspecified atom stereocenters. The molecule has 1 nitrogen and oxygen atoms in total. The molecule has 0 N–H and O–H groups in total. The monoisotopic (exact) mass is 342 g/mol. The second-order valence-corrected chi connectivity index (χ2v) is 6.72. The zero-order valence-corrected chi connectivity index (χ0v) is 14.0. The quantitative estimate of drug-likeness (QED) is 0.650. The van der Waals surface area contributed by atoms with E-state index in [0.717, 1.165) is 11.1 Å². The number of hydrogen-bond acceptors (Lipinski definition) is 1. The van der Waals surface area contributed by atoms with Gasteiger partial charge in [-0.2, -0.15) is 0 Å². The first-order valence-corrected chi connectivity index (χ1v) is 8.31. The summed E-state index contributed by atoms with van der Waals surface area (Å²) in [6.45, 7) is 5.13. The molecule has 0 atom stereocenters. The van der Waals surface area contributed by atoms with Gasteiger partial charge >= 0.3 is 0 Å². The van der Waals surface area contributed by atoms with Gasteiger partial charge in [-0.25, -0.2) is 0 Å². The molecule has 2 aromatic carbocycles. The van der Waals surface area contributed by atoms with Crippen molar-refractivity contribution in [1.29, 1.82) is 0 Å². The molecule has 0 aromatic heterocycles. The van der Waals surface area contributed by atoms with Gasteiger partial charge in [0, 0.05) is 16.3 Å². The standard InChI is InChI=1S/C19H19BrO/c1-19(2)11-16(12-20)17-10-15(8-9-18(17)21-13-19)14-6-4-3-5-7-14/h3-11H,12-13H2,1-2H3. The number of alkyl halides is 1. The third kappa shape index (κ3) is 3.06. The lowest BCUT2D eigenvalue weighted by Crippen LogP contribution is -2.17. The van der Waals surface area contributed by atoms with Crippen LogP contribution in [0.2, 0.25) is 0 Å². The highest BCUT2D eigenvalue weighted by molar-refractivity contribution is 9.09. The van der Waals surface area contributed by atoms with E-state index in [1.54, 1.807) is 0 Å². The molecule has 2 aromatic rings. The summed E-state index contributed by atoms with van der Waals surface area (Å²) >= 11 is 3.62. The molecule has 1 aliphatic rings. The maximum absolute atomic E-state index is 6.01. The predicted octanol–water partition coefficient (Wildman–Crippen LogP) is 5.55. The van der Waals surface area contributed by atoms with Crippen molar-refractivity contribution in [3.05, 3.63) is 60.2 Å². The van der Waals surface area contributed by atoms with Crippen LogP contribution in [0.5, 0.6) is 5.75 Å². The fourth-order valence-corrected chi connectivity index (χ4v) is 3.15. The van der Waals surface area contributed by atoms with Gasteiger partial charge in [-0.05, 0) is 28.8 Å². The molecular formula is C19H19BrO. The van der Waals surface area contributed by atoms with Crippen LogP contribution in [0, 0.1) is 5.41 Å². The van der Waals surface area contributed by atoms with Crippen molar-refractivity contribution in [2.45, 2.75) is 13.8 Å². The third-order valence-electron chi connectivity index (χ3n) is 3.74. The van der Waals surface area contributed by atoms with Crippen LogP contribution in [0.3, 0.4) is 0 Å². The topological polar surface area (TPSA) is 9.23 Å². The number of allylic oxidation sites excluding steroid dienone is 1. The van der Waals surface area contributed by atoms with Crippen molar-refractivity contribution in [3.63, 3.8) is 0 Å². The number of rotatable bonds is 2. The summed E-state index contributed by atoms with van der Waals surface area (Å²) in [5, 5.41) is 0.838. The summed E-state index contributed by atoms with van der Waals surface area (Å²) in [5.41, 5.74) is 5.00. The van der Waals surface area contributed by atoms with Crippen LogP contribution < -0.4 is 4.74 Å². The number of ether oxygens (including phenoxy) is 1. The minimum Gasteiger partial charge on any atom is -0.492 e. The molecule has 1 aliphatic heterocycles. The summed E-state index contributed by atoms with van der Waals surface area (Å²) in [6, 6.07) is 16.9. The van der Waals surface area contributed by atoms with E-state index < -0.39 is 0 Å². The minimum atomic E-state index is 0.0506. The fourth-order valence-electron chi connectivity index (χ4n) is 2.68. The Labute approximate surface area is 134 Å². The first-order valence-electron chi connectivity index (χ1n) is 7.19. The normalized spacial score (nSPS) is 16.4. The van der Waals surface area contributed by atoms with Gasteiger partial charge in [0.25, 0.3) is 0 Å². The smallest absolute Gasteiger partial charge is 0.126 e. The molecule has 0 amide bonds. The van der Waals surface area contributed by atoms with Gasteiger partial charge in [0.15, 0.2) is 0 Å². The lowest BCUT2D eigenvalue weighted by atomic mass is 9.90. The highest BCUT2D eigenvalue weighted by Crippen LogP contribution is 2.38. The first-order chi connectivity index (χ1) is 10.1. The molecule has 3 rings (SSSR count). The predicted molar refractivity (Wildman–Crippen MR) is 92.9 cm³/mol. The van der Waals surface area contributed by atoms with Crippen LogP contribution in [0.15, 0.2) is 54.6 Å². The second kappa shape index (κ2) is 5.69. The largest absolute Gasteiger partial charge is 0.492 e. The van der Waals surface area contributed by atoms with E-state index in [9.17, 15) is 0 Å². The van der Waals surface area contributed by atoms with Gasteiger partial charge in [-0.1, -0.05) is 72.3 Å². The summed E-state index contributed by atoms with van der Waals surface area (Å²) in [4.78, 5) is 0. The van der Waals surface area contributed by atoms with E-state index in [4.69, 9.17) is 4.74 Å². The van der Waals surface area contributed by atoms with Gasteiger partial charge in [0.1, 0.15) is 5.75 Å². The number of hydrogen-bond donors (Lipinski definition) is 0. The molecule has 0 spiro atoms. The van der Waals surface area contributed by atoms with Crippen molar-refractivity contribution in [3.8, 4) is 16.9 Å². The summed E-state index contributed by atoms with van der Waals surface area (Å²) < 4.78 is 6.01. The molecule has 1 heterocycles. The molecule has 21 heavy (non-hydrogen) atoms. The van der Waals surface area contributed by atoms with E-state index in [-0.39, 0.29) is 5.41 Å². The van der Waals surface area contributed by atoms with Gasteiger partial charge in [-0.15, -0.1) is 0 Å². The van der Waals surface area contributed by atoms with Crippen molar-refractivity contribution >= 4 is 21.5 Å². The average molecular weight is 343 g/mol. The van der Waals surface area contributed by atoms with E-state index >= 15 is 0 Å². The molecule has 0 aliphatic carbocycles. The molecule has 2 heteroatoms. The summed E-state index contributed by atoms with van der Waals surface area (Å²) in [6.07, 6.45) is 2.32. The van der Waals surface area contributed by atoms with E-state index in [2.05, 4.69) is 78.3 Å². The van der Waals surface area contributed by atoms with Crippen molar-refractivity contribution in [1.82, 2.24) is 0 Å². The van der Waals surface area contributed by atoms with Gasteiger partial charge in [-0.3, -0.25) is 0 Å². The number of fused-ring (bicyclic) bond motifs is 1. The molecule has 0 saturated carbocycles. The van der Waals surface area contributed by atoms with Crippen LogP contribution in [0.4, 0.5) is 0 Å². The maximum Gasteiger partial charge on any atom is 0.126 e. The zero-order valence-electron chi connectivity index (χ0n) is 12.4. The highest BCUT2D eigenvalue weighted by atomic mass is 79.9. The fraction of sp³-hybridized carbons (Fsp3) is 0.263. The second-order valence-electron chi connectivity index (χ2n) is 6.16. The molecular weight excluding hydrogens is 324 g/mol. The number of halogens is 1. The Morgan fingerprint density at radius 1 is 1.05 bits per heavy atom. The lowest BCUT2D eigenvalue weighted by Gasteiger charge is -2.18.